The predicted molar refractivity (Wildman–Crippen MR) is 105 cm³/mol. The molecule has 3 nitrogen and oxygen atoms in total. The second-order valence-electron chi connectivity index (χ2n) is 9.54. The quantitative estimate of drug-likeness (QED) is 0.623. The SMILES string of the molecule is CC1(C)OB(/C=C/CO[Si](C)(C)C(C)(C)C)O[C@H]1C1CCCCC1. The maximum Gasteiger partial charge on any atom is 0.486 e. The maximum atomic E-state index is 6.26. The Labute approximate surface area is 150 Å². The molecule has 0 bridgehead atoms. The molecule has 0 aromatic rings. The van der Waals surface area contributed by atoms with Gasteiger partial charge in [0.05, 0.1) is 18.3 Å². The molecule has 0 amide bonds. The molecule has 24 heavy (non-hydrogen) atoms. The Morgan fingerprint density at radius 1 is 1.17 bits per heavy atom. The maximum absolute atomic E-state index is 6.26. The summed E-state index contributed by atoms with van der Waals surface area (Å²) in [7, 11) is -1.91. The highest BCUT2D eigenvalue weighted by atomic mass is 28.4. The van der Waals surface area contributed by atoms with Gasteiger partial charge in [-0.1, -0.05) is 52.1 Å². The third kappa shape index (κ3) is 4.96. The minimum Gasteiger partial charge on any atom is -0.413 e. The van der Waals surface area contributed by atoms with E-state index in [0.717, 1.165) is 0 Å². The van der Waals surface area contributed by atoms with E-state index in [1.54, 1.807) is 0 Å². The van der Waals surface area contributed by atoms with Crippen molar-refractivity contribution in [3.05, 3.63) is 12.1 Å². The van der Waals surface area contributed by atoms with Gasteiger partial charge in [0.25, 0.3) is 0 Å². The summed E-state index contributed by atoms with van der Waals surface area (Å²) >= 11 is 0. The molecule has 2 aliphatic rings. The summed E-state index contributed by atoms with van der Waals surface area (Å²) < 4.78 is 18.6. The van der Waals surface area contributed by atoms with Gasteiger partial charge in [-0.25, -0.2) is 0 Å². The molecule has 2 rings (SSSR count). The van der Waals surface area contributed by atoms with E-state index < -0.39 is 8.32 Å². The monoisotopic (exact) mass is 352 g/mol. The van der Waals surface area contributed by atoms with E-state index in [1.807, 2.05) is 5.98 Å². The highest BCUT2D eigenvalue weighted by Crippen LogP contribution is 2.39. The molecule has 0 radical (unpaired) electrons. The third-order valence-electron chi connectivity index (χ3n) is 6.10. The fourth-order valence-electron chi connectivity index (χ4n) is 3.54. The summed E-state index contributed by atoms with van der Waals surface area (Å²) in [5.41, 5.74) is -0.197. The largest absolute Gasteiger partial charge is 0.486 e. The van der Waals surface area contributed by atoms with Crippen molar-refractivity contribution >= 4 is 15.4 Å². The van der Waals surface area contributed by atoms with Gasteiger partial charge in [0.2, 0.25) is 0 Å². The summed E-state index contributed by atoms with van der Waals surface area (Å²) in [4.78, 5) is 0. The van der Waals surface area contributed by atoms with E-state index in [-0.39, 0.29) is 23.9 Å². The highest BCUT2D eigenvalue weighted by molar-refractivity contribution is 6.74. The van der Waals surface area contributed by atoms with E-state index in [0.29, 0.717) is 12.5 Å². The first-order valence-corrected chi connectivity index (χ1v) is 12.6. The lowest BCUT2D eigenvalue weighted by Crippen LogP contribution is -2.40. The van der Waals surface area contributed by atoms with E-state index >= 15 is 0 Å². The van der Waals surface area contributed by atoms with Gasteiger partial charge in [-0.15, -0.1) is 0 Å². The molecular weight excluding hydrogens is 315 g/mol. The van der Waals surface area contributed by atoms with E-state index in [2.05, 4.69) is 53.8 Å². The molecule has 1 atom stereocenters. The second kappa shape index (κ2) is 7.65. The van der Waals surface area contributed by atoms with Gasteiger partial charge >= 0.3 is 7.12 Å². The smallest absolute Gasteiger partial charge is 0.413 e. The molecule has 1 aliphatic carbocycles. The van der Waals surface area contributed by atoms with Gasteiger partial charge in [-0.3, -0.25) is 0 Å². The standard InChI is InChI=1S/C19H37BO3Si/c1-18(2,3)24(6,7)21-15-11-14-20-22-17(19(4,5)23-20)16-12-9-8-10-13-16/h11,14,16-17H,8-10,12-13,15H2,1-7H3/b14-11+/t17-/m0/s1. The van der Waals surface area contributed by atoms with Crippen molar-refractivity contribution < 1.29 is 13.7 Å². The molecule has 1 saturated heterocycles. The summed E-state index contributed by atoms with van der Waals surface area (Å²) in [6.45, 7) is 16.4. The summed E-state index contributed by atoms with van der Waals surface area (Å²) in [5.74, 6) is 2.69. The minimum atomic E-state index is -1.68. The van der Waals surface area contributed by atoms with Crippen molar-refractivity contribution in [2.75, 3.05) is 6.61 Å². The molecular formula is C19H37BO3Si. The Balaban J connectivity index is 1.85. The molecule has 0 spiro atoms. The lowest BCUT2D eigenvalue weighted by atomic mass is 9.80. The zero-order chi connectivity index (χ0) is 18.0. The topological polar surface area (TPSA) is 27.7 Å². The van der Waals surface area contributed by atoms with Crippen LogP contribution in [0.3, 0.4) is 0 Å². The van der Waals surface area contributed by atoms with Crippen LogP contribution in [0.15, 0.2) is 12.1 Å². The molecule has 0 aromatic heterocycles. The van der Waals surface area contributed by atoms with E-state index in [4.69, 9.17) is 13.7 Å². The first-order chi connectivity index (χ1) is 11.0. The van der Waals surface area contributed by atoms with Crippen LogP contribution in [-0.4, -0.2) is 33.7 Å². The van der Waals surface area contributed by atoms with Crippen LogP contribution in [0.1, 0.15) is 66.7 Å². The Hall–Kier alpha value is -0.0982. The van der Waals surface area contributed by atoms with Crippen molar-refractivity contribution in [1.82, 2.24) is 0 Å². The zero-order valence-electron chi connectivity index (χ0n) is 16.9. The molecule has 138 valence electrons. The number of hydrogen-bond acceptors (Lipinski definition) is 3. The molecule has 2 fully saturated rings. The summed E-state index contributed by atoms with van der Waals surface area (Å²) in [6, 6.07) is 0. The molecule has 0 unspecified atom stereocenters. The van der Waals surface area contributed by atoms with Crippen LogP contribution in [0, 0.1) is 5.92 Å². The van der Waals surface area contributed by atoms with Crippen LogP contribution in [0.5, 0.6) is 0 Å². The van der Waals surface area contributed by atoms with E-state index in [9.17, 15) is 0 Å². The van der Waals surface area contributed by atoms with Crippen molar-refractivity contribution in [1.29, 1.82) is 0 Å². The van der Waals surface area contributed by atoms with Crippen molar-refractivity contribution in [2.24, 2.45) is 5.92 Å². The lowest BCUT2D eigenvalue weighted by molar-refractivity contribution is 0.0208. The molecule has 5 heteroatoms. The average Bonchev–Trinajstić information content (AvgIpc) is 2.78. The van der Waals surface area contributed by atoms with Gasteiger partial charge in [0.1, 0.15) is 0 Å². The predicted octanol–water partition coefficient (Wildman–Crippen LogP) is 5.37. The Kier molecular flexibility index (Phi) is 6.44. The van der Waals surface area contributed by atoms with Crippen molar-refractivity contribution in [2.45, 2.75) is 96.6 Å². The molecule has 1 saturated carbocycles. The van der Waals surface area contributed by atoms with Crippen LogP contribution in [0.4, 0.5) is 0 Å². The van der Waals surface area contributed by atoms with Crippen molar-refractivity contribution in [3.8, 4) is 0 Å². The van der Waals surface area contributed by atoms with Gasteiger partial charge in [0.15, 0.2) is 8.32 Å². The van der Waals surface area contributed by atoms with Crippen LogP contribution in [0.25, 0.3) is 0 Å². The fraction of sp³-hybridized carbons (Fsp3) is 0.895. The second-order valence-corrected chi connectivity index (χ2v) is 14.4. The third-order valence-corrected chi connectivity index (χ3v) is 10.6. The van der Waals surface area contributed by atoms with Gasteiger partial charge in [-0.2, -0.15) is 0 Å². The summed E-state index contributed by atoms with van der Waals surface area (Å²) in [5, 5.41) is 0.245. The Bertz CT molecular complexity index is 436. The van der Waals surface area contributed by atoms with Gasteiger partial charge in [0, 0.05) is 0 Å². The van der Waals surface area contributed by atoms with Crippen LogP contribution in [0.2, 0.25) is 18.1 Å². The zero-order valence-corrected chi connectivity index (χ0v) is 17.9. The normalized spacial score (nSPS) is 26.5. The summed E-state index contributed by atoms with van der Waals surface area (Å²) in [6.07, 6.45) is 8.89. The number of rotatable bonds is 5. The molecule has 0 aromatic carbocycles. The van der Waals surface area contributed by atoms with Crippen molar-refractivity contribution in [3.63, 3.8) is 0 Å². The first-order valence-electron chi connectivity index (χ1n) is 9.67. The first kappa shape index (κ1) is 20.2. The molecule has 0 N–H and O–H groups in total. The van der Waals surface area contributed by atoms with Crippen LogP contribution >= 0.6 is 0 Å². The highest BCUT2D eigenvalue weighted by Gasteiger charge is 2.47. The number of hydrogen-bond donors (Lipinski definition) is 0. The molecule has 1 heterocycles. The van der Waals surface area contributed by atoms with Crippen LogP contribution in [-0.2, 0) is 13.7 Å². The average molecular weight is 352 g/mol. The molecule has 1 aliphatic heterocycles. The minimum absolute atomic E-state index is 0.197. The van der Waals surface area contributed by atoms with E-state index in [1.165, 1.54) is 32.1 Å². The lowest BCUT2D eigenvalue weighted by Gasteiger charge is -2.35. The Morgan fingerprint density at radius 3 is 2.38 bits per heavy atom. The van der Waals surface area contributed by atoms with Crippen LogP contribution < -0.4 is 0 Å². The van der Waals surface area contributed by atoms with Gasteiger partial charge < -0.3 is 13.7 Å². The Morgan fingerprint density at radius 2 is 1.79 bits per heavy atom. The fourth-order valence-corrected chi connectivity index (χ4v) is 4.49. The van der Waals surface area contributed by atoms with Gasteiger partial charge in [-0.05, 0) is 50.7 Å².